The topological polar surface area (TPSA) is 58.5 Å². The van der Waals surface area contributed by atoms with Gasteiger partial charge in [-0.3, -0.25) is 0 Å². The third-order valence-corrected chi connectivity index (χ3v) is 4.91. The third-order valence-electron chi connectivity index (χ3n) is 4.20. The van der Waals surface area contributed by atoms with Crippen LogP contribution in [0.1, 0.15) is 32.8 Å². The van der Waals surface area contributed by atoms with Crippen LogP contribution in [-0.4, -0.2) is 34.3 Å². The Morgan fingerprint density at radius 3 is 2.38 bits per heavy atom. The highest BCUT2D eigenvalue weighted by molar-refractivity contribution is 6.35. The Labute approximate surface area is 164 Å². The van der Waals surface area contributed by atoms with E-state index in [1.807, 2.05) is 20.8 Å². The van der Waals surface area contributed by atoms with Crippen LogP contribution in [0.15, 0.2) is 30.6 Å². The summed E-state index contributed by atoms with van der Waals surface area (Å²) in [4.78, 5) is 10.8. The van der Waals surface area contributed by atoms with Gasteiger partial charge in [0, 0.05) is 28.7 Å². The molecule has 0 bridgehead atoms. The summed E-state index contributed by atoms with van der Waals surface area (Å²) in [5.74, 6) is 1.41. The van der Waals surface area contributed by atoms with E-state index in [4.69, 9.17) is 27.9 Å². The molecule has 7 heteroatoms. The van der Waals surface area contributed by atoms with Gasteiger partial charge >= 0.3 is 0 Å². The molecule has 1 aliphatic rings. The Bertz CT molecular complexity index is 677. The minimum Gasteiger partial charge on any atom is -0.486 e. The second-order valence-electron chi connectivity index (χ2n) is 5.99. The molecule has 1 saturated heterocycles. The molecule has 2 atom stereocenters. The Morgan fingerprint density at radius 2 is 1.81 bits per heavy atom. The van der Waals surface area contributed by atoms with Crippen molar-refractivity contribution in [3.63, 3.8) is 0 Å². The Balaban J connectivity index is 0.00000117. The fourth-order valence-electron chi connectivity index (χ4n) is 2.69. The van der Waals surface area contributed by atoms with E-state index in [0.717, 1.165) is 25.1 Å². The highest BCUT2D eigenvalue weighted by Gasteiger charge is 2.25. The molecule has 2 unspecified atom stereocenters. The summed E-state index contributed by atoms with van der Waals surface area (Å²) in [6.45, 7) is 7.79. The van der Waals surface area contributed by atoms with E-state index in [9.17, 15) is 5.11 Å². The Hall–Kier alpha value is -1.56. The number of nitrogens with zero attached hydrogens (tertiary/aromatic N) is 3. The maximum absolute atomic E-state index is 9.80. The summed E-state index contributed by atoms with van der Waals surface area (Å²) < 4.78 is 5.68. The summed E-state index contributed by atoms with van der Waals surface area (Å²) in [5, 5.41) is 10.9. The van der Waals surface area contributed by atoms with Crippen molar-refractivity contribution in [3.05, 3.63) is 46.2 Å². The number of piperidine rings is 1. The van der Waals surface area contributed by atoms with Crippen LogP contribution < -0.4 is 9.64 Å². The molecule has 1 fully saturated rings. The molecule has 0 radical (unpaired) electrons. The van der Waals surface area contributed by atoms with E-state index >= 15 is 0 Å². The van der Waals surface area contributed by atoms with E-state index in [2.05, 4.69) is 14.9 Å². The third kappa shape index (κ3) is 5.22. The van der Waals surface area contributed by atoms with Gasteiger partial charge in [0.05, 0.1) is 18.5 Å². The molecule has 0 amide bonds. The van der Waals surface area contributed by atoms with Gasteiger partial charge in [0.1, 0.15) is 6.61 Å². The molecule has 0 saturated carbocycles. The number of hydrogen-bond donors (Lipinski definition) is 1. The fraction of sp³-hybridized carbons (Fsp3) is 0.474. The van der Waals surface area contributed by atoms with Gasteiger partial charge in [0.15, 0.2) is 5.75 Å². The number of rotatable bonds is 4. The number of aliphatic hydroxyl groups excluding tert-OH is 1. The molecule has 26 heavy (non-hydrogen) atoms. The number of ether oxygens (including phenoxy) is 1. The molecule has 2 aromatic rings. The van der Waals surface area contributed by atoms with Crippen molar-refractivity contribution in [1.82, 2.24) is 9.97 Å². The second-order valence-corrected chi connectivity index (χ2v) is 6.80. The van der Waals surface area contributed by atoms with E-state index in [0.29, 0.717) is 21.7 Å². The number of halogens is 2. The van der Waals surface area contributed by atoms with Gasteiger partial charge in [0.2, 0.25) is 5.95 Å². The smallest absolute Gasteiger partial charge is 0.225 e. The lowest BCUT2D eigenvalue weighted by molar-refractivity contribution is 0.0966. The predicted octanol–water partition coefficient (Wildman–Crippen LogP) is 4.60. The summed E-state index contributed by atoms with van der Waals surface area (Å²) in [7, 11) is 0. The van der Waals surface area contributed by atoms with Gasteiger partial charge in [-0.15, -0.1) is 0 Å². The van der Waals surface area contributed by atoms with Gasteiger partial charge in [-0.2, -0.15) is 0 Å². The van der Waals surface area contributed by atoms with Gasteiger partial charge in [-0.25, -0.2) is 9.97 Å². The maximum atomic E-state index is 9.80. The van der Waals surface area contributed by atoms with Gasteiger partial charge in [-0.1, -0.05) is 50.0 Å². The number of hydrogen-bond acceptors (Lipinski definition) is 5. The molecule has 2 heterocycles. The van der Waals surface area contributed by atoms with E-state index in [1.165, 1.54) is 0 Å². The zero-order valence-electron chi connectivity index (χ0n) is 15.3. The lowest BCUT2D eigenvalue weighted by Gasteiger charge is -2.34. The molecule has 5 nitrogen and oxygen atoms in total. The molecule has 1 aromatic carbocycles. The first-order chi connectivity index (χ1) is 12.5. The molecule has 142 valence electrons. The van der Waals surface area contributed by atoms with Crippen LogP contribution in [0.3, 0.4) is 0 Å². The van der Waals surface area contributed by atoms with Gasteiger partial charge in [0.25, 0.3) is 0 Å². The van der Waals surface area contributed by atoms with Gasteiger partial charge in [-0.05, 0) is 24.5 Å². The molecule has 0 spiro atoms. The average molecular weight is 398 g/mol. The summed E-state index contributed by atoms with van der Waals surface area (Å²) in [6, 6.07) is 5.35. The first-order valence-electron chi connectivity index (χ1n) is 8.85. The van der Waals surface area contributed by atoms with E-state index in [-0.39, 0.29) is 18.6 Å². The molecule has 1 N–H and O–H groups in total. The van der Waals surface area contributed by atoms with Crippen molar-refractivity contribution in [2.24, 2.45) is 5.92 Å². The Morgan fingerprint density at radius 1 is 1.19 bits per heavy atom. The minimum atomic E-state index is -0.246. The molecule has 1 aromatic heterocycles. The SMILES string of the molecule is CC.CC1CN(c2ncc(OCc3c(Cl)cccc3Cl)cn2)CCC1O. The first-order valence-corrected chi connectivity index (χ1v) is 9.61. The molecular weight excluding hydrogens is 373 g/mol. The highest BCUT2D eigenvalue weighted by atomic mass is 35.5. The maximum Gasteiger partial charge on any atom is 0.225 e. The number of anilines is 1. The first kappa shape index (κ1) is 20.7. The van der Waals surface area contributed by atoms with Crippen molar-refractivity contribution in [1.29, 1.82) is 0 Å². The van der Waals surface area contributed by atoms with Crippen LogP contribution in [0.5, 0.6) is 5.75 Å². The second kappa shape index (κ2) is 9.95. The van der Waals surface area contributed by atoms with E-state index < -0.39 is 0 Å². The van der Waals surface area contributed by atoms with Crippen molar-refractivity contribution >= 4 is 29.2 Å². The standard InChI is InChI=1S/C17H19Cl2N3O2.C2H6/c1-11-9-22(6-5-16(11)23)17-20-7-12(8-21-17)24-10-13-14(18)3-2-4-15(13)19;1-2/h2-4,7-8,11,16,23H,5-6,9-10H2,1H3;1-2H3. The highest BCUT2D eigenvalue weighted by Crippen LogP contribution is 2.26. The zero-order valence-corrected chi connectivity index (χ0v) is 16.8. The van der Waals surface area contributed by atoms with Crippen LogP contribution >= 0.6 is 23.2 Å². The van der Waals surface area contributed by atoms with Crippen molar-refractivity contribution < 1.29 is 9.84 Å². The summed E-state index contributed by atoms with van der Waals surface area (Å²) >= 11 is 12.3. The quantitative estimate of drug-likeness (QED) is 0.816. The minimum absolute atomic E-state index is 0.209. The monoisotopic (exact) mass is 397 g/mol. The zero-order chi connectivity index (χ0) is 19.1. The lowest BCUT2D eigenvalue weighted by atomic mass is 9.97. The van der Waals surface area contributed by atoms with Crippen molar-refractivity contribution in [2.45, 2.75) is 39.9 Å². The van der Waals surface area contributed by atoms with Crippen LogP contribution in [0.2, 0.25) is 10.0 Å². The van der Waals surface area contributed by atoms with Crippen molar-refractivity contribution in [3.8, 4) is 5.75 Å². The predicted molar refractivity (Wildman–Crippen MR) is 106 cm³/mol. The van der Waals surface area contributed by atoms with Crippen LogP contribution in [0.4, 0.5) is 5.95 Å². The molecule has 3 rings (SSSR count). The lowest BCUT2D eigenvalue weighted by Crippen LogP contribution is -2.42. The van der Waals surface area contributed by atoms with Crippen LogP contribution in [-0.2, 0) is 6.61 Å². The Kier molecular flexibility index (Phi) is 7.94. The van der Waals surface area contributed by atoms with Crippen molar-refractivity contribution in [2.75, 3.05) is 18.0 Å². The molecule has 1 aliphatic heterocycles. The number of aromatic nitrogens is 2. The molecular formula is C19H25Cl2N3O2. The summed E-state index contributed by atoms with van der Waals surface area (Å²) in [5.41, 5.74) is 0.740. The van der Waals surface area contributed by atoms with Crippen LogP contribution in [0, 0.1) is 5.92 Å². The van der Waals surface area contributed by atoms with E-state index in [1.54, 1.807) is 30.6 Å². The number of aliphatic hydroxyl groups is 1. The number of benzene rings is 1. The normalized spacial score (nSPS) is 19.5. The van der Waals surface area contributed by atoms with Gasteiger partial charge < -0.3 is 14.7 Å². The summed E-state index contributed by atoms with van der Waals surface area (Å²) in [6.07, 6.45) is 3.77. The average Bonchev–Trinajstić information content (AvgIpc) is 2.66. The fourth-order valence-corrected chi connectivity index (χ4v) is 3.19. The van der Waals surface area contributed by atoms with Crippen LogP contribution in [0.25, 0.3) is 0 Å². The largest absolute Gasteiger partial charge is 0.486 e. The molecule has 0 aliphatic carbocycles.